The zero-order valence-corrected chi connectivity index (χ0v) is 14.0. The van der Waals surface area contributed by atoms with E-state index in [1.165, 1.54) is 6.08 Å². The molecule has 0 bridgehead atoms. The Bertz CT molecular complexity index is 924. The predicted molar refractivity (Wildman–Crippen MR) is 94.1 cm³/mol. The Kier molecular flexibility index (Phi) is 4.58. The third kappa shape index (κ3) is 3.29. The van der Waals surface area contributed by atoms with Gasteiger partial charge < -0.3 is 13.9 Å². The molecule has 0 saturated carbocycles. The number of carbonyl (C=O) groups excluding carboxylic acids is 1. The van der Waals surface area contributed by atoms with E-state index in [2.05, 4.69) is 0 Å². The molecule has 0 spiro atoms. The van der Waals surface area contributed by atoms with Gasteiger partial charge in [-0.3, -0.25) is 4.79 Å². The highest BCUT2D eigenvalue weighted by molar-refractivity contribution is 6.31. The lowest BCUT2D eigenvalue weighted by Crippen LogP contribution is -1.92. The van der Waals surface area contributed by atoms with E-state index < -0.39 is 0 Å². The number of ether oxygens (including phenoxy) is 2. The molecular formula is C19H15ClO4. The van der Waals surface area contributed by atoms with Gasteiger partial charge in [0.15, 0.2) is 17.3 Å². The van der Waals surface area contributed by atoms with Crippen molar-refractivity contribution in [3.05, 3.63) is 64.9 Å². The van der Waals surface area contributed by atoms with Gasteiger partial charge >= 0.3 is 0 Å². The molecule has 0 saturated heterocycles. The van der Waals surface area contributed by atoms with Gasteiger partial charge in [-0.25, -0.2) is 0 Å². The number of fused-ring (bicyclic) bond motifs is 1. The average Bonchev–Trinajstić information content (AvgIpc) is 3.02. The number of allylic oxidation sites excluding steroid dienone is 1. The standard InChI is InChI=1S/C19H15ClO4/c1-22-17-7-4-12(9-19(17)23-2)3-6-15(21)18-11-13-10-14(20)5-8-16(13)24-18/h3-11H,1-2H3/b6-3+. The van der Waals surface area contributed by atoms with Crippen molar-refractivity contribution in [2.24, 2.45) is 0 Å². The lowest BCUT2D eigenvalue weighted by Gasteiger charge is -2.07. The summed E-state index contributed by atoms with van der Waals surface area (Å²) in [5, 5.41) is 1.40. The summed E-state index contributed by atoms with van der Waals surface area (Å²) in [6.07, 6.45) is 3.16. The van der Waals surface area contributed by atoms with Crippen molar-refractivity contribution in [1.82, 2.24) is 0 Å². The SMILES string of the molecule is COc1ccc(/C=C/C(=O)c2cc3cc(Cl)ccc3o2)cc1OC. The number of halogens is 1. The molecule has 2 aromatic carbocycles. The van der Waals surface area contributed by atoms with E-state index in [0.29, 0.717) is 22.1 Å². The summed E-state index contributed by atoms with van der Waals surface area (Å²) in [5.74, 6) is 1.28. The fourth-order valence-electron chi connectivity index (χ4n) is 2.35. The van der Waals surface area contributed by atoms with Gasteiger partial charge in [0.2, 0.25) is 5.78 Å². The highest BCUT2D eigenvalue weighted by Gasteiger charge is 2.10. The minimum Gasteiger partial charge on any atom is -0.493 e. The van der Waals surface area contributed by atoms with Crippen LogP contribution >= 0.6 is 11.6 Å². The molecule has 3 aromatic rings. The van der Waals surface area contributed by atoms with Gasteiger partial charge in [-0.05, 0) is 48.0 Å². The van der Waals surface area contributed by atoms with Crippen LogP contribution in [0.15, 0.2) is 53.0 Å². The topological polar surface area (TPSA) is 48.7 Å². The van der Waals surface area contributed by atoms with Crippen molar-refractivity contribution >= 4 is 34.4 Å². The third-order valence-electron chi connectivity index (χ3n) is 3.56. The molecule has 3 rings (SSSR count). The Morgan fingerprint density at radius 2 is 1.83 bits per heavy atom. The van der Waals surface area contributed by atoms with Gasteiger partial charge in [0.25, 0.3) is 0 Å². The molecule has 0 aliphatic heterocycles. The summed E-state index contributed by atoms with van der Waals surface area (Å²) >= 11 is 5.94. The number of benzene rings is 2. The van der Waals surface area contributed by atoms with Crippen molar-refractivity contribution in [1.29, 1.82) is 0 Å². The first-order valence-corrected chi connectivity index (χ1v) is 7.62. The molecule has 1 aromatic heterocycles. The molecule has 0 fully saturated rings. The second-order valence-corrected chi connectivity index (χ2v) is 5.54. The van der Waals surface area contributed by atoms with Gasteiger partial charge in [0.05, 0.1) is 14.2 Å². The van der Waals surface area contributed by atoms with E-state index in [-0.39, 0.29) is 11.5 Å². The van der Waals surface area contributed by atoms with Crippen LogP contribution in [0.1, 0.15) is 16.1 Å². The maximum absolute atomic E-state index is 12.3. The molecule has 0 aliphatic carbocycles. The van der Waals surface area contributed by atoms with Crippen LogP contribution in [0.5, 0.6) is 11.5 Å². The van der Waals surface area contributed by atoms with Crippen LogP contribution in [0.4, 0.5) is 0 Å². The normalized spacial score (nSPS) is 11.1. The van der Waals surface area contributed by atoms with E-state index in [0.717, 1.165) is 10.9 Å². The Morgan fingerprint density at radius 1 is 1.04 bits per heavy atom. The smallest absolute Gasteiger partial charge is 0.221 e. The molecule has 5 heteroatoms. The summed E-state index contributed by atoms with van der Waals surface area (Å²) in [5.41, 5.74) is 1.45. The van der Waals surface area contributed by atoms with Gasteiger partial charge in [-0.2, -0.15) is 0 Å². The van der Waals surface area contributed by atoms with Crippen LogP contribution in [0, 0.1) is 0 Å². The quantitative estimate of drug-likeness (QED) is 0.483. The molecule has 4 nitrogen and oxygen atoms in total. The second-order valence-electron chi connectivity index (χ2n) is 5.10. The fraction of sp³-hybridized carbons (Fsp3) is 0.105. The van der Waals surface area contributed by atoms with Gasteiger partial charge in [-0.15, -0.1) is 0 Å². The van der Waals surface area contributed by atoms with Crippen LogP contribution < -0.4 is 9.47 Å². The molecule has 0 atom stereocenters. The lowest BCUT2D eigenvalue weighted by molar-refractivity contribution is 0.102. The second kappa shape index (κ2) is 6.81. The minimum atomic E-state index is -0.225. The van der Waals surface area contributed by atoms with E-state index in [1.807, 2.05) is 6.07 Å². The maximum atomic E-state index is 12.3. The van der Waals surface area contributed by atoms with Gasteiger partial charge in [0, 0.05) is 10.4 Å². The number of furan rings is 1. The highest BCUT2D eigenvalue weighted by atomic mass is 35.5. The van der Waals surface area contributed by atoms with Crippen molar-refractivity contribution in [3.63, 3.8) is 0 Å². The molecule has 1 heterocycles. The molecule has 0 amide bonds. The Labute approximate surface area is 144 Å². The number of carbonyl (C=O) groups is 1. The van der Waals surface area contributed by atoms with Crippen LogP contribution in [0.2, 0.25) is 5.02 Å². The molecule has 0 aliphatic rings. The maximum Gasteiger partial charge on any atom is 0.221 e. The number of methoxy groups -OCH3 is 2. The van der Waals surface area contributed by atoms with E-state index in [9.17, 15) is 4.79 Å². The van der Waals surface area contributed by atoms with Crippen LogP contribution in [-0.4, -0.2) is 20.0 Å². The van der Waals surface area contributed by atoms with Gasteiger partial charge in [-0.1, -0.05) is 23.7 Å². The average molecular weight is 343 g/mol. The van der Waals surface area contributed by atoms with Crippen molar-refractivity contribution < 1.29 is 18.7 Å². The number of rotatable bonds is 5. The van der Waals surface area contributed by atoms with E-state index >= 15 is 0 Å². The molecular weight excluding hydrogens is 328 g/mol. The monoisotopic (exact) mass is 342 g/mol. The number of hydrogen-bond donors (Lipinski definition) is 0. The zero-order valence-electron chi connectivity index (χ0n) is 13.2. The molecule has 0 N–H and O–H groups in total. The largest absolute Gasteiger partial charge is 0.493 e. The molecule has 0 radical (unpaired) electrons. The minimum absolute atomic E-state index is 0.225. The summed E-state index contributed by atoms with van der Waals surface area (Å²) in [6.45, 7) is 0. The van der Waals surface area contributed by atoms with Crippen molar-refractivity contribution in [3.8, 4) is 11.5 Å². The van der Waals surface area contributed by atoms with Crippen molar-refractivity contribution in [2.45, 2.75) is 0 Å². The van der Waals surface area contributed by atoms with E-state index in [4.69, 9.17) is 25.5 Å². The van der Waals surface area contributed by atoms with Gasteiger partial charge in [0.1, 0.15) is 5.58 Å². The third-order valence-corrected chi connectivity index (χ3v) is 3.79. The first-order chi connectivity index (χ1) is 11.6. The molecule has 0 unspecified atom stereocenters. The Hall–Kier alpha value is -2.72. The summed E-state index contributed by atoms with van der Waals surface area (Å²) in [4.78, 5) is 12.3. The summed E-state index contributed by atoms with van der Waals surface area (Å²) in [6, 6.07) is 12.3. The number of hydrogen-bond acceptors (Lipinski definition) is 4. The summed E-state index contributed by atoms with van der Waals surface area (Å²) in [7, 11) is 3.14. The van der Waals surface area contributed by atoms with Crippen LogP contribution in [-0.2, 0) is 0 Å². The highest BCUT2D eigenvalue weighted by Crippen LogP contribution is 2.28. The van der Waals surface area contributed by atoms with Crippen molar-refractivity contribution in [2.75, 3.05) is 14.2 Å². The number of ketones is 1. The van der Waals surface area contributed by atoms with Crippen LogP contribution in [0.3, 0.4) is 0 Å². The first kappa shape index (κ1) is 16.1. The Morgan fingerprint density at radius 3 is 2.58 bits per heavy atom. The lowest BCUT2D eigenvalue weighted by atomic mass is 10.1. The molecule has 24 heavy (non-hydrogen) atoms. The first-order valence-electron chi connectivity index (χ1n) is 7.24. The summed E-state index contributed by atoms with van der Waals surface area (Å²) < 4.78 is 16.0. The van der Waals surface area contributed by atoms with Crippen LogP contribution in [0.25, 0.3) is 17.0 Å². The Balaban J connectivity index is 1.83. The van der Waals surface area contributed by atoms with E-state index in [1.54, 1.807) is 56.7 Å². The fourth-order valence-corrected chi connectivity index (χ4v) is 2.53. The zero-order chi connectivity index (χ0) is 17.1. The molecule has 122 valence electrons. The predicted octanol–water partition coefficient (Wildman–Crippen LogP) is 5.00.